The van der Waals surface area contributed by atoms with Crippen molar-refractivity contribution in [3.63, 3.8) is 0 Å². The molecule has 2 heterocycles. The summed E-state index contributed by atoms with van der Waals surface area (Å²) in [4.78, 5) is 12.0. The van der Waals surface area contributed by atoms with Crippen LogP contribution in [0.2, 0.25) is 10.0 Å². The summed E-state index contributed by atoms with van der Waals surface area (Å²) in [5.41, 5.74) is 4.00. The molecule has 4 nitrogen and oxygen atoms in total. The van der Waals surface area contributed by atoms with E-state index in [1.165, 1.54) is 5.69 Å². The minimum absolute atomic E-state index is 0.465. The maximum atomic E-state index is 6.25. The SMILES string of the molecule is CN(C)CCN(C)c1ccc(-c2cc3c(Cl)c(Cl)cnc3[nH]2)cc1. The summed E-state index contributed by atoms with van der Waals surface area (Å²) in [5, 5.41) is 1.84. The van der Waals surface area contributed by atoms with Crippen LogP contribution >= 0.6 is 23.2 Å². The predicted molar refractivity (Wildman–Crippen MR) is 103 cm³/mol. The van der Waals surface area contributed by atoms with E-state index < -0.39 is 0 Å². The molecule has 0 bridgehead atoms. The third-order valence-electron chi connectivity index (χ3n) is 4.05. The molecule has 0 atom stereocenters. The smallest absolute Gasteiger partial charge is 0.139 e. The number of nitrogens with zero attached hydrogens (tertiary/aromatic N) is 3. The zero-order valence-electron chi connectivity index (χ0n) is 14.0. The molecule has 2 aromatic heterocycles. The van der Waals surface area contributed by atoms with Gasteiger partial charge in [-0.2, -0.15) is 0 Å². The van der Waals surface area contributed by atoms with E-state index in [1.54, 1.807) is 6.20 Å². The van der Waals surface area contributed by atoms with Crippen LogP contribution in [0.4, 0.5) is 5.69 Å². The van der Waals surface area contributed by atoms with Gasteiger partial charge in [0.05, 0.1) is 10.0 Å². The van der Waals surface area contributed by atoms with E-state index >= 15 is 0 Å². The number of halogens is 2. The van der Waals surface area contributed by atoms with Crippen molar-refractivity contribution < 1.29 is 0 Å². The van der Waals surface area contributed by atoms with E-state index in [2.05, 4.69) is 65.2 Å². The van der Waals surface area contributed by atoms with E-state index in [1.807, 2.05) is 6.07 Å². The number of aromatic nitrogens is 2. The van der Waals surface area contributed by atoms with Gasteiger partial charge in [-0.15, -0.1) is 0 Å². The molecule has 3 rings (SSSR count). The highest BCUT2D eigenvalue weighted by atomic mass is 35.5. The fraction of sp³-hybridized carbons (Fsp3) is 0.278. The van der Waals surface area contributed by atoms with Gasteiger partial charge >= 0.3 is 0 Å². The van der Waals surface area contributed by atoms with Gasteiger partial charge in [-0.25, -0.2) is 4.98 Å². The number of nitrogens with one attached hydrogen (secondary N) is 1. The van der Waals surface area contributed by atoms with Crippen molar-refractivity contribution >= 4 is 39.9 Å². The number of rotatable bonds is 5. The fourth-order valence-corrected chi connectivity index (χ4v) is 2.89. The van der Waals surface area contributed by atoms with Crippen LogP contribution in [0.15, 0.2) is 36.5 Å². The lowest BCUT2D eigenvalue weighted by molar-refractivity contribution is 0.416. The molecule has 24 heavy (non-hydrogen) atoms. The molecule has 1 aromatic carbocycles. The molecule has 0 spiro atoms. The van der Waals surface area contributed by atoms with E-state index in [9.17, 15) is 0 Å². The number of benzene rings is 1. The van der Waals surface area contributed by atoms with Gasteiger partial charge in [0.2, 0.25) is 0 Å². The Balaban J connectivity index is 1.84. The van der Waals surface area contributed by atoms with Crippen LogP contribution < -0.4 is 4.90 Å². The van der Waals surface area contributed by atoms with Crippen LogP contribution in [-0.4, -0.2) is 49.1 Å². The second-order valence-electron chi connectivity index (χ2n) is 6.14. The highest BCUT2D eigenvalue weighted by molar-refractivity contribution is 6.45. The Morgan fingerprint density at radius 1 is 1.04 bits per heavy atom. The number of hydrogen-bond donors (Lipinski definition) is 1. The van der Waals surface area contributed by atoms with Gasteiger partial charge in [0.25, 0.3) is 0 Å². The zero-order valence-corrected chi connectivity index (χ0v) is 15.5. The van der Waals surface area contributed by atoms with Gasteiger partial charge < -0.3 is 14.8 Å². The molecular weight excluding hydrogens is 343 g/mol. The van der Waals surface area contributed by atoms with Crippen LogP contribution in [0, 0.1) is 0 Å². The summed E-state index contributed by atoms with van der Waals surface area (Å²) in [6.45, 7) is 2.00. The molecule has 0 unspecified atom stereocenters. The highest BCUT2D eigenvalue weighted by Gasteiger charge is 2.10. The van der Waals surface area contributed by atoms with Crippen LogP contribution in [0.25, 0.3) is 22.3 Å². The van der Waals surface area contributed by atoms with Gasteiger partial charge in [0.15, 0.2) is 0 Å². The Bertz CT molecular complexity index is 840. The average molecular weight is 363 g/mol. The van der Waals surface area contributed by atoms with Gasteiger partial charge in [0, 0.05) is 43.1 Å². The maximum Gasteiger partial charge on any atom is 0.139 e. The molecule has 0 saturated carbocycles. The lowest BCUT2D eigenvalue weighted by Gasteiger charge is -2.21. The van der Waals surface area contributed by atoms with E-state index in [-0.39, 0.29) is 0 Å². The molecule has 3 aromatic rings. The number of hydrogen-bond acceptors (Lipinski definition) is 3. The Morgan fingerprint density at radius 3 is 2.42 bits per heavy atom. The molecule has 0 aliphatic rings. The van der Waals surface area contributed by atoms with Gasteiger partial charge in [-0.1, -0.05) is 35.3 Å². The normalized spacial score (nSPS) is 11.4. The third-order valence-corrected chi connectivity index (χ3v) is 4.84. The van der Waals surface area contributed by atoms with Gasteiger partial charge in [0.1, 0.15) is 5.65 Å². The molecule has 0 aliphatic carbocycles. The van der Waals surface area contributed by atoms with Crippen molar-refractivity contribution in [1.29, 1.82) is 0 Å². The first-order chi connectivity index (χ1) is 11.5. The number of aromatic amines is 1. The Morgan fingerprint density at radius 2 is 1.75 bits per heavy atom. The summed E-state index contributed by atoms with van der Waals surface area (Å²) >= 11 is 12.3. The number of likely N-dealkylation sites (N-methyl/N-ethyl adjacent to an activating group) is 2. The minimum atomic E-state index is 0.465. The second kappa shape index (κ2) is 7.01. The van der Waals surface area contributed by atoms with Crippen LogP contribution in [0.3, 0.4) is 0 Å². The van der Waals surface area contributed by atoms with Crippen LogP contribution in [0.5, 0.6) is 0 Å². The van der Waals surface area contributed by atoms with Crippen molar-refractivity contribution in [2.45, 2.75) is 0 Å². The molecule has 0 fully saturated rings. The molecule has 126 valence electrons. The molecule has 0 saturated heterocycles. The third kappa shape index (κ3) is 3.51. The Kier molecular flexibility index (Phi) is 4.99. The van der Waals surface area contributed by atoms with Crippen molar-refractivity contribution in [2.75, 3.05) is 39.1 Å². The van der Waals surface area contributed by atoms with Gasteiger partial charge in [-0.3, -0.25) is 0 Å². The number of H-pyrrole nitrogens is 1. The van der Waals surface area contributed by atoms with Crippen LogP contribution in [0.1, 0.15) is 0 Å². The molecule has 0 amide bonds. The average Bonchev–Trinajstić information content (AvgIpc) is 3.01. The standard InChI is InChI=1S/C18H20Cl2N4/c1-23(2)8-9-24(3)13-6-4-12(5-7-13)16-10-14-17(20)15(19)11-21-18(14)22-16/h4-7,10-11H,8-9H2,1-3H3,(H,21,22). The first-order valence-electron chi connectivity index (χ1n) is 7.74. The summed E-state index contributed by atoms with van der Waals surface area (Å²) in [6.07, 6.45) is 1.56. The lowest BCUT2D eigenvalue weighted by atomic mass is 10.1. The minimum Gasteiger partial charge on any atom is -0.373 e. The summed E-state index contributed by atoms with van der Waals surface area (Å²) < 4.78 is 0. The maximum absolute atomic E-state index is 6.25. The number of pyridine rings is 1. The first kappa shape index (κ1) is 17.1. The van der Waals surface area contributed by atoms with E-state index in [4.69, 9.17) is 23.2 Å². The number of anilines is 1. The van der Waals surface area contributed by atoms with Gasteiger partial charge in [-0.05, 0) is 37.9 Å². The van der Waals surface area contributed by atoms with E-state index in [0.717, 1.165) is 35.4 Å². The topological polar surface area (TPSA) is 35.2 Å². The van der Waals surface area contributed by atoms with Crippen molar-refractivity contribution in [3.8, 4) is 11.3 Å². The monoisotopic (exact) mass is 362 g/mol. The summed E-state index contributed by atoms with van der Waals surface area (Å²) in [5.74, 6) is 0. The Hall–Kier alpha value is -1.75. The number of fused-ring (bicyclic) bond motifs is 1. The van der Waals surface area contributed by atoms with Crippen molar-refractivity contribution in [2.24, 2.45) is 0 Å². The molecule has 1 N–H and O–H groups in total. The summed E-state index contributed by atoms with van der Waals surface area (Å²) in [6, 6.07) is 10.4. The fourth-order valence-electron chi connectivity index (χ4n) is 2.55. The van der Waals surface area contributed by atoms with E-state index in [0.29, 0.717) is 10.0 Å². The molecule has 0 aliphatic heterocycles. The second-order valence-corrected chi connectivity index (χ2v) is 6.92. The molecule has 0 radical (unpaired) electrons. The van der Waals surface area contributed by atoms with Crippen molar-refractivity contribution in [1.82, 2.24) is 14.9 Å². The molecular formula is C18H20Cl2N4. The molecule has 6 heteroatoms. The quantitative estimate of drug-likeness (QED) is 0.723. The predicted octanol–water partition coefficient (Wildman–Crippen LogP) is 4.53. The highest BCUT2D eigenvalue weighted by Crippen LogP contribution is 2.32. The zero-order chi connectivity index (χ0) is 17.3. The van der Waals surface area contributed by atoms with Crippen LogP contribution in [-0.2, 0) is 0 Å². The summed E-state index contributed by atoms with van der Waals surface area (Å²) in [7, 11) is 6.27. The largest absolute Gasteiger partial charge is 0.373 e. The lowest BCUT2D eigenvalue weighted by Crippen LogP contribution is -2.28. The first-order valence-corrected chi connectivity index (χ1v) is 8.50. The Labute approximate surface area is 152 Å². The van der Waals surface area contributed by atoms with Crippen molar-refractivity contribution in [3.05, 3.63) is 46.6 Å².